The molecule has 1 atom stereocenters. The van der Waals surface area contributed by atoms with E-state index in [1.54, 1.807) is 0 Å². The van der Waals surface area contributed by atoms with E-state index in [0.29, 0.717) is 24.5 Å². The zero-order valence-corrected chi connectivity index (χ0v) is 9.44. The van der Waals surface area contributed by atoms with Crippen LogP contribution in [0, 0.1) is 0 Å². The van der Waals surface area contributed by atoms with Gasteiger partial charge >= 0.3 is 0 Å². The third-order valence-corrected chi connectivity index (χ3v) is 4.45. The summed E-state index contributed by atoms with van der Waals surface area (Å²) in [7, 11) is -2.24. The van der Waals surface area contributed by atoms with Crippen molar-refractivity contribution < 1.29 is 9.00 Å². The van der Waals surface area contributed by atoms with Gasteiger partial charge in [0.2, 0.25) is 0 Å². The number of carbonyl (C=O) groups excluding carboxylic acids is 1. The maximum atomic E-state index is 12.1. The molecule has 0 bridgehead atoms. The zero-order chi connectivity index (χ0) is 10.4. The topological polar surface area (TPSA) is 58.5 Å². The molecule has 0 aromatic heterocycles. The highest BCUT2D eigenvalue weighted by molar-refractivity contribution is 7.93. The van der Waals surface area contributed by atoms with Crippen molar-refractivity contribution in [1.82, 2.24) is 5.32 Å². The van der Waals surface area contributed by atoms with E-state index in [1.165, 1.54) is 0 Å². The predicted molar refractivity (Wildman–Crippen MR) is 57.7 cm³/mol. The summed E-state index contributed by atoms with van der Waals surface area (Å²) in [6.07, 6.45) is 2.04. The lowest BCUT2D eigenvalue weighted by Crippen LogP contribution is -2.19. The highest BCUT2D eigenvalue weighted by atomic mass is 32.2. The Balaban J connectivity index is 2.70. The predicted octanol–water partition coefficient (Wildman–Crippen LogP) is 0.774. The molecule has 1 aliphatic heterocycles. The second kappa shape index (κ2) is 5.46. The van der Waals surface area contributed by atoms with Crippen LogP contribution in [0.4, 0.5) is 0 Å². The molecule has 0 radical (unpaired) electrons. The molecule has 5 heteroatoms. The van der Waals surface area contributed by atoms with Gasteiger partial charge in [0.05, 0.1) is 9.73 Å². The highest BCUT2D eigenvalue weighted by Gasteiger charge is 2.14. The lowest BCUT2D eigenvalue weighted by molar-refractivity contribution is -0.117. The second-order valence-electron chi connectivity index (χ2n) is 3.52. The quantitative estimate of drug-likeness (QED) is 0.745. The summed E-state index contributed by atoms with van der Waals surface area (Å²) in [4.78, 5) is 11.3. The van der Waals surface area contributed by atoms with E-state index in [4.69, 9.17) is 0 Å². The molecule has 14 heavy (non-hydrogen) atoms. The van der Waals surface area contributed by atoms with Gasteiger partial charge in [0, 0.05) is 24.5 Å². The molecular weight excluding hydrogens is 200 g/mol. The van der Waals surface area contributed by atoms with Gasteiger partial charge in [-0.15, -0.1) is 0 Å². The minimum absolute atomic E-state index is 0.195. The number of hydrogen-bond donors (Lipinski definition) is 1. The van der Waals surface area contributed by atoms with Gasteiger partial charge < -0.3 is 5.32 Å². The zero-order valence-electron chi connectivity index (χ0n) is 8.62. The van der Waals surface area contributed by atoms with Crippen LogP contribution in [-0.2, 0) is 14.5 Å². The fourth-order valence-electron chi connectivity index (χ4n) is 1.42. The molecular formula is C9H18N2O2S. The van der Waals surface area contributed by atoms with Crippen molar-refractivity contribution in [2.75, 3.05) is 24.6 Å². The lowest BCUT2D eigenvalue weighted by Gasteiger charge is -2.03. The molecule has 1 fully saturated rings. The van der Waals surface area contributed by atoms with E-state index in [-0.39, 0.29) is 5.91 Å². The number of hydrogen-bond acceptors (Lipinski definition) is 3. The maximum Gasteiger partial charge on any atom is 0.253 e. The van der Waals surface area contributed by atoms with Gasteiger partial charge in [0.25, 0.3) is 5.91 Å². The SMILES string of the molecule is CCCC(=O)N=S1(=O)CCCNCC1. The van der Waals surface area contributed by atoms with Gasteiger partial charge in [-0.1, -0.05) is 6.92 Å². The summed E-state index contributed by atoms with van der Waals surface area (Å²) in [5, 5.41) is 3.16. The molecule has 1 N–H and O–H groups in total. The van der Waals surface area contributed by atoms with Crippen molar-refractivity contribution in [2.24, 2.45) is 4.36 Å². The smallest absolute Gasteiger partial charge is 0.253 e. The Hall–Kier alpha value is -0.420. The normalized spacial score (nSPS) is 28.1. The van der Waals surface area contributed by atoms with E-state index in [2.05, 4.69) is 9.68 Å². The van der Waals surface area contributed by atoms with Gasteiger partial charge in [-0.2, -0.15) is 4.36 Å². The summed E-state index contributed by atoms with van der Waals surface area (Å²) in [6.45, 7) is 3.52. The van der Waals surface area contributed by atoms with Crippen LogP contribution >= 0.6 is 0 Å². The number of rotatable bonds is 2. The average molecular weight is 218 g/mol. The Morgan fingerprint density at radius 3 is 2.93 bits per heavy atom. The monoisotopic (exact) mass is 218 g/mol. The molecule has 0 aromatic carbocycles. The molecule has 1 aliphatic rings. The van der Waals surface area contributed by atoms with Crippen molar-refractivity contribution in [3.8, 4) is 0 Å². The summed E-state index contributed by atoms with van der Waals surface area (Å²) in [5.41, 5.74) is 0. The minimum Gasteiger partial charge on any atom is -0.316 e. The molecule has 1 heterocycles. The molecule has 1 amide bonds. The Kier molecular flexibility index (Phi) is 4.54. The van der Waals surface area contributed by atoms with Crippen molar-refractivity contribution in [1.29, 1.82) is 0 Å². The summed E-state index contributed by atoms with van der Waals surface area (Å²) in [5.74, 6) is 0.886. The van der Waals surface area contributed by atoms with Gasteiger partial charge in [0.1, 0.15) is 0 Å². The van der Waals surface area contributed by atoms with Gasteiger partial charge in [-0.3, -0.25) is 4.79 Å². The molecule has 1 saturated heterocycles. The molecule has 0 saturated carbocycles. The number of amides is 1. The largest absolute Gasteiger partial charge is 0.316 e. The first kappa shape index (κ1) is 11.7. The molecule has 4 nitrogen and oxygen atoms in total. The van der Waals surface area contributed by atoms with Crippen LogP contribution in [0.5, 0.6) is 0 Å². The Labute approximate surface area is 85.6 Å². The van der Waals surface area contributed by atoms with E-state index in [1.807, 2.05) is 6.92 Å². The highest BCUT2D eigenvalue weighted by Crippen LogP contribution is 2.04. The summed E-state index contributed by atoms with van der Waals surface area (Å²) in [6, 6.07) is 0. The lowest BCUT2D eigenvalue weighted by atomic mass is 10.3. The van der Waals surface area contributed by atoms with Crippen molar-refractivity contribution >= 4 is 15.6 Å². The fraction of sp³-hybridized carbons (Fsp3) is 0.889. The van der Waals surface area contributed by atoms with E-state index in [0.717, 1.165) is 19.4 Å². The average Bonchev–Trinajstić information content (AvgIpc) is 2.30. The third-order valence-electron chi connectivity index (χ3n) is 2.15. The van der Waals surface area contributed by atoms with Crippen molar-refractivity contribution in [2.45, 2.75) is 26.2 Å². The number of nitrogens with one attached hydrogen (secondary N) is 1. The first-order valence-electron chi connectivity index (χ1n) is 5.12. The van der Waals surface area contributed by atoms with E-state index >= 15 is 0 Å². The van der Waals surface area contributed by atoms with Gasteiger partial charge in [-0.05, 0) is 19.4 Å². The maximum absolute atomic E-state index is 12.1. The van der Waals surface area contributed by atoms with Gasteiger partial charge in [0.15, 0.2) is 0 Å². The van der Waals surface area contributed by atoms with Crippen LogP contribution in [0.2, 0.25) is 0 Å². The van der Waals surface area contributed by atoms with Crippen LogP contribution in [0.3, 0.4) is 0 Å². The standard InChI is InChI=1S/C9H18N2O2S/c1-2-4-9(12)11-14(13)7-3-5-10-6-8-14/h10H,2-8H2,1H3. The summed E-state index contributed by atoms with van der Waals surface area (Å²) >= 11 is 0. The summed E-state index contributed by atoms with van der Waals surface area (Å²) < 4.78 is 15.9. The molecule has 1 unspecified atom stereocenters. The second-order valence-corrected chi connectivity index (χ2v) is 6.06. The minimum atomic E-state index is -2.24. The fourth-order valence-corrected chi connectivity index (χ4v) is 3.33. The van der Waals surface area contributed by atoms with Crippen LogP contribution < -0.4 is 5.32 Å². The Morgan fingerprint density at radius 1 is 1.43 bits per heavy atom. The van der Waals surface area contributed by atoms with Crippen LogP contribution in [-0.4, -0.2) is 34.7 Å². The number of nitrogens with zero attached hydrogens (tertiary/aromatic N) is 1. The van der Waals surface area contributed by atoms with E-state index < -0.39 is 9.73 Å². The molecule has 0 spiro atoms. The Morgan fingerprint density at radius 2 is 2.21 bits per heavy atom. The van der Waals surface area contributed by atoms with Crippen molar-refractivity contribution in [3.05, 3.63) is 0 Å². The molecule has 0 aliphatic carbocycles. The van der Waals surface area contributed by atoms with Gasteiger partial charge in [-0.25, -0.2) is 4.21 Å². The van der Waals surface area contributed by atoms with E-state index in [9.17, 15) is 9.00 Å². The van der Waals surface area contributed by atoms with Crippen LogP contribution in [0.25, 0.3) is 0 Å². The van der Waals surface area contributed by atoms with Crippen LogP contribution in [0.15, 0.2) is 4.36 Å². The van der Waals surface area contributed by atoms with Crippen molar-refractivity contribution in [3.63, 3.8) is 0 Å². The molecule has 82 valence electrons. The Bertz CT molecular complexity index is 292. The molecule has 0 aromatic rings. The number of carbonyl (C=O) groups is 1. The first-order valence-corrected chi connectivity index (χ1v) is 6.98. The molecule has 1 rings (SSSR count). The third kappa shape index (κ3) is 3.75. The first-order chi connectivity index (χ1) is 6.66. The van der Waals surface area contributed by atoms with Crippen LogP contribution in [0.1, 0.15) is 26.2 Å².